The molecule has 0 aromatic carbocycles. The van der Waals surface area contributed by atoms with E-state index in [1.165, 1.54) is 32.1 Å². The lowest BCUT2D eigenvalue weighted by Crippen LogP contribution is -2.57. The first-order valence-electron chi connectivity index (χ1n) is 8.05. The molecule has 1 saturated heterocycles. The number of hydrogen-bond acceptors (Lipinski definition) is 3. The molecule has 0 aromatic heterocycles. The van der Waals surface area contributed by atoms with Gasteiger partial charge in [0.2, 0.25) is 0 Å². The van der Waals surface area contributed by atoms with Crippen LogP contribution in [0.25, 0.3) is 0 Å². The second-order valence-corrected chi connectivity index (χ2v) is 9.85. The Labute approximate surface area is 116 Å². The fourth-order valence-electron chi connectivity index (χ4n) is 5.53. The van der Waals surface area contributed by atoms with Crippen LogP contribution < -0.4 is 5.32 Å². The van der Waals surface area contributed by atoms with Crippen molar-refractivity contribution in [2.24, 2.45) is 23.7 Å². The van der Waals surface area contributed by atoms with Crippen LogP contribution in [0.5, 0.6) is 0 Å². The van der Waals surface area contributed by atoms with Crippen molar-refractivity contribution in [2.45, 2.75) is 57.0 Å². The lowest BCUT2D eigenvalue weighted by molar-refractivity contribution is -0.0180. The van der Waals surface area contributed by atoms with E-state index in [2.05, 4.69) is 5.32 Å². The zero-order valence-corrected chi connectivity index (χ0v) is 12.4. The summed E-state index contributed by atoms with van der Waals surface area (Å²) < 4.78 is 23.0. The van der Waals surface area contributed by atoms with E-state index in [-0.39, 0.29) is 0 Å². The van der Waals surface area contributed by atoms with Crippen LogP contribution in [0, 0.1) is 23.7 Å². The van der Waals surface area contributed by atoms with Crippen molar-refractivity contribution >= 4 is 9.84 Å². The highest BCUT2D eigenvalue weighted by Crippen LogP contribution is 2.53. The molecule has 1 aliphatic heterocycles. The molecule has 1 heterocycles. The van der Waals surface area contributed by atoms with Crippen LogP contribution in [0.1, 0.15) is 44.9 Å². The molecule has 0 unspecified atom stereocenters. The zero-order valence-electron chi connectivity index (χ0n) is 11.6. The van der Waals surface area contributed by atoms with Gasteiger partial charge in [0.15, 0.2) is 0 Å². The van der Waals surface area contributed by atoms with E-state index >= 15 is 0 Å². The van der Waals surface area contributed by atoms with E-state index in [1.807, 2.05) is 0 Å². The maximum absolute atomic E-state index is 11.5. The molecule has 5 rings (SSSR count). The summed E-state index contributed by atoms with van der Waals surface area (Å²) in [6.07, 6.45) is 8.94. The molecule has 0 atom stereocenters. The van der Waals surface area contributed by atoms with E-state index in [0.29, 0.717) is 23.6 Å². The normalized spacial score (nSPS) is 48.5. The molecule has 4 aliphatic carbocycles. The first-order valence-corrected chi connectivity index (χ1v) is 9.88. The quantitative estimate of drug-likeness (QED) is 0.843. The van der Waals surface area contributed by atoms with Gasteiger partial charge in [0.25, 0.3) is 0 Å². The number of rotatable bonds is 2. The van der Waals surface area contributed by atoms with Crippen LogP contribution in [0.2, 0.25) is 0 Å². The van der Waals surface area contributed by atoms with Crippen molar-refractivity contribution in [1.29, 1.82) is 0 Å². The second-order valence-electron chi connectivity index (χ2n) is 7.55. The maximum Gasteiger partial charge on any atom is 0.150 e. The summed E-state index contributed by atoms with van der Waals surface area (Å²) in [5.41, 5.74) is 0. The third-order valence-electron chi connectivity index (χ3n) is 6.21. The Kier molecular flexibility index (Phi) is 2.96. The average Bonchev–Trinajstić information content (AvgIpc) is 2.35. The minimum atomic E-state index is -2.72. The molecular formula is C15H25NO2S. The van der Waals surface area contributed by atoms with Crippen molar-refractivity contribution in [3.05, 3.63) is 0 Å². The Hall–Kier alpha value is -0.0900. The summed E-state index contributed by atoms with van der Waals surface area (Å²) in [7, 11) is -2.72. The predicted octanol–water partition coefficient (Wildman–Crippen LogP) is 1.98. The Bertz CT molecular complexity index is 417. The molecular weight excluding hydrogens is 258 g/mol. The Morgan fingerprint density at radius 3 is 1.84 bits per heavy atom. The molecule has 0 spiro atoms. The summed E-state index contributed by atoms with van der Waals surface area (Å²) in [5, 5.41) is 3.87. The molecule has 1 N–H and O–H groups in total. The van der Waals surface area contributed by atoms with Gasteiger partial charge >= 0.3 is 0 Å². The van der Waals surface area contributed by atoms with Crippen molar-refractivity contribution in [3.63, 3.8) is 0 Å². The van der Waals surface area contributed by atoms with E-state index in [0.717, 1.165) is 36.5 Å². The first-order chi connectivity index (χ1) is 9.09. The van der Waals surface area contributed by atoms with Crippen molar-refractivity contribution in [1.82, 2.24) is 5.32 Å². The SMILES string of the molecule is O=S1(=O)CCC(NC2C3CC4CC(C3)CC2C4)CC1. The molecule has 4 heteroatoms. The molecule has 0 aromatic rings. The molecule has 108 valence electrons. The highest BCUT2D eigenvalue weighted by molar-refractivity contribution is 7.91. The summed E-state index contributed by atoms with van der Waals surface area (Å²) in [5.74, 6) is 4.64. The lowest BCUT2D eigenvalue weighted by Gasteiger charge is -2.55. The zero-order chi connectivity index (χ0) is 13.0. The van der Waals surface area contributed by atoms with Crippen molar-refractivity contribution in [3.8, 4) is 0 Å². The third kappa shape index (κ3) is 2.35. The predicted molar refractivity (Wildman–Crippen MR) is 75.6 cm³/mol. The van der Waals surface area contributed by atoms with Crippen LogP contribution >= 0.6 is 0 Å². The van der Waals surface area contributed by atoms with Crippen LogP contribution in [0.15, 0.2) is 0 Å². The van der Waals surface area contributed by atoms with Gasteiger partial charge in [-0.15, -0.1) is 0 Å². The molecule has 3 nitrogen and oxygen atoms in total. The molecule has 5 aliphatic rings. The maximum atomic E-state index is 11.5. The van der Waals surface area contributed by atoms with E-state index in [9.17, 15) is 8.42 Å². The minimum Gasteiger partial charge on any atom is -0.311 e. The van der Waals surface area contributed by atoms with Gasteiger partial charge < -0.3 is 5.32 Å². The Balaban J connectivity index is 1.41. The van der Waals surface area contributed by atoms with E-state index < -0.39 is 9.84 Å². The van der Waals surface area contributed by atoms with Gasteiger partial charge in [0.05, 0.1) is 11.5 Å². The summed E-state index contributed by atoms with van der Waals surface area (Å²) in [6, 6.07) is 1.17. The van der Waals surface area contributed by atoms with Gasteiger partial charge in [-0.1, -0.05) is 0 Å². The summed E-state index contributed by atoms with van der Waals surface area (Å²) in [6.45, 7) is 0. The highest BCUT2D eigenvalue weighted by Gasteiger charge is 2.48. The fraction of sp³-hybridized carbons (Fsp3) is 1.00. The van der Waals surface area contributed by atoms with Crippen LogP contribution in [0.3, 0.4) is 0 Å². The number of hydrogen-bond donors (Lipinski definition) is 1. The Morgan fingerprint density at radius 1 is 0.789 bits per heavy atom. The van der Waals surface area contributed by atoms with E-state index in [1.54, 1.807) is 0 Å². The van der Waals surface area contributed by atoms with Gasteiger partial charge in [-0.05, 0) is 68.6 Å². The molecule has 5 fully saturated rings. The highest BCUT2D eigenvalue weighted by atomic mass is 32.2. The molecule has 19 heavy (non-hydrogen) atoms. The standard InChI is InChI=1S/C15H25NO2S/c17-19(18)3-1-14(2-4-19)16-15-12-6-10-5-11(8-12)9-13(15)7-10/h10-16H,1-9H2. The number of nitrogens with one attached hydrogen (secondary N) is 1. The number of sulfone groups is 1. The largest absolute Gasteiger partial charge is 0.311 e. The molecule has 4 saturated carbocycles. The monoisotopic (exact) mass is 283 g/mol. The van der Waals surface area contributed by atoms with Gasteiger partial charge in [0, 0.05) is 12.1 Å². The van der Waals surface area contributed by atoms with E-state index in [4.69, 9.17) is 0 Å². The van der Waals surface area contributed by atoms with Gasteiger partial charge in [-0.25, -0.2) is 8.42 Å². The van der Waals surface area contributed by atoms with Crippen LogP contribution in [-0.2, 0) is 9.84 Å². The lowest BCUT2D eigenvalue weighted by atomic mass is 9.54. The van der Waals surface area contributed by atoms with Gasteiger partial charge in [-0.3, -0.25) is 0 Å². The first kappa shape index (κ1) is 12.6. The van der Waals surface area contributed by atoms with Crippen molar-refractivity contribution in [2.75, 3.05) is 11.5 Å². The van der Waals surface area contributed by atoms with Gasteiger partial charge in [-0.2, -0.15) is 0 Å². The molecule has 4 bridgehead atoms. The van der Waals surface area contributed by atoms with Crippen molar-refractivity contribution < 1.29 is 8.42 Å². The average molecular weight is 283 g/mol. The Morgan fingerprint density at radius 2 is 1.32 bits per heavy atom. The van der Waals surface area contributed by atoms with Gasteiger partial charge in [0.1, 0.15) is 9.84 Å². The van der Waals surface area contributed by atoms with Crippen LogP contribution in [-0.4, -0.2) is 32.0 Å². The third-order valence-corrected chi connectivity index (χ3v) is 7.92. The topological polar surface area (TPSA) is 46.2 Å². The van der Waals surface area contributed by atoms with Crippen LogP contribution in [0.4, 0.5) is 0 Å². The summed E-state index contributed by atoms with van der Waals surface area (Å²) in [4.78, 5) is 0. The fourth-order valence-corrected chi connectivity index (χ4v) is 7.02. The summed E-state index contributed by atoms with van der Waals surface area (Å²) >= 11 is 0. The molecule has 0 amide bonds. The molecule has 0 radical (unpaired) electrons. The second kappa shape index (κ2) is 4.45. The minimum absolute atomic E-state index is 0.401. The smallest absolute Gasteiger partial charge is 0.150 e.